The zero-order valence-electron chi connectivity index (χ0n) is 15.4. The van der Waals surface area contributed by atoms with Gasteiger partial charge in [-0.1, -0.05) is 19.1 Å². The number of halogens is 1. The summed E-state index contributed by atoms with van der Waals surface area (Å²) in [5.74, 6) is -0.639. The van der Waals surface area contributed by atoms with Crippen molar-refractivity contribution in [3.63, 3.8) is 0 Å². The van der Waals surface area contributed by atoms with Gasteiger partial charge in [-0.3, -0.25) is 9.59 Å². The number of hydrogen-bond donors (Lipinski definition) is 1. The third-order valence-electron chi connectivity index (χ3n) is 5.01. The Labute approximate surface area is 157 Å². The van der Waals surface area contributed by atoms with Gasteiger partial charge in [-0.15, -0.1) is 0 Å². The highest BCUT2D eigenvalue weighted by Gasteiger charge is 2.35. The van der Waals surface area contributed by atoms with E-state index in [1.54, 1.807) is 6.07 Å². The van der Waals surface area contributed by atoms with Crippen molar-refractivity contribution in [1.29, 1.82) is 0 Å². The second kappa shape index (κ2) is 8.43. The van der Waals surface area contributed by atoms with Gasteiger partial charge < -0.3 is 10.1 Å². The van der Waals surface area contributed by atoms with Gasteiger partial charge in [0.25, 0.3) is 11.5 Å². The molecule has 144 valence electrons. The predicted octanol–water partition coefficient (Wildman–Crippen LogP) is 2.27. The summed E-state index contributed by atoms with van der Waals surface area (Å²) >= 11 is 0. The lowest BCUT2D eigenvalue weighted by molar-refractivity contribution is 0.0485. The molecular formula is C20H24FN3O3. The van der Waals surface area contributed by atoms with Crippen molar-refractivity contribution in [1.82, 2.24) is 15.1 Å². The number of benzene rings is 1. The van der Waals surface area contributed by atoms with Crippen molar-refractivity contribution in [2.24, 2.45) is 0 Å². The first-order chi connectivity index (χ1) is 13.0. The molecular weight excluding hydrogens is 349 g/mol. The van der Waals surface area contributed by atoms with Crippen LogP contribution in [0.5, 0.6) is 0 Å². The monoisotopic (exact) mass is 373 g/mol. The molecule has 0 unspecified atom stereocenters. The molecule has 1 aliphatic heterocycles. The van der Waals surface area contributed by atoms with Crippen molar-refractivity contribution < 1.29 is 13.9 Å². The lowest BCUT2D eigenvalue weighted by Gasteiger charge is -2.38. The molecule has 0 spiro atoms. The van der Waals surface area contributed by atoms with Gasteiger partial charge in [0, 0.05) is 37.8 Å². The Hall–Kier alpha value is -2.54. The largest absolute Gasteiger partial charge is 0.381 e. The number of hydrogen-bond acceptors (Lipinski definition) is 4. The molecule has 1 aliphatic rings. The van der Waals surface area contributed by atoms with E-state index < -0.39 is 0 Å². The normalized spacial score (nSPS) is 16.1. The van der Waals surface area contributed by atoms with E-state index >= 15 is 0 Å². The van der Waals surface area contributed by atoms with E-state index in [1.165, 1.54) is 28.9 Å². The maximum Gasteiger partial charge on any atom is 0.271 e. The number of carbonyl (C=O) groups is 1. The maximum atomic E-state index is 13.7. The minimum Gasteiger partial charge on any atom is -0.381 e. The second-order valence-electron chi connectivity index (χ2n) is 6.87. The molecule has 1 N–H and O–H groups in total. The van der Waals surface area contributed by atoms with E-state index in [2.05, 4.69) is 10.4 Å². The summed E-state index contributed by atoms with van der Waals surface area (Å²) < 4.78 is 20.5. The van der Waals surface area contributed by atoms with Crippen LogP contribution in [0.1, 0.15) is 42.2 Å². The van der Waals surface area contributed by atoms with E-state index in [0.717, 1.165) is 12.0 Å². The van der Waals surface area contributed by atoms with Crippen LogP contribution < -0.4 is 10.9 Å². The molecule has 0 radical (unpaired) electrons. The van der Waals surface area contributed by atoms with Crippen LogP contribution in [-0.4, -0.2) is 35.4 Å². The Morgan fingerprint density at radius 2 is 2.07 bits per heavy atom. The minimum atomic E-state index is -0.381. The standard InChI is InChI=1S/C20H24FN3O3/c1-2-10-24-18(25)7-6-17(23-24)19(26)22-14-20(8-11-27-12-9-20)15-4-3-5-16(21)13-15/h3-7,13H,2,8-12,14H2,1H3,(H,22,26). The number of aryl methyl sites for hydroxylation is 1. The van der Waals surface area contributed by atoms with Crippen LogP contribution in [0.4, 0.5) is 4.39 Å². The van der Waals surface area contributed by atoms with Crippen LogP contribution in [0.25, 0.3) is 0 Å². The molecule has 2 aromatic rings. The van der Waals surface area contributed by atoms with Crippen LogP contribution in [0.15, 0.2) is 41.2 Å². The lowest BCUT2D eigenvalue weighted by atomic mass is 9.74. The van der Waals surface area contributed by atoms with Gasteiger partial charge in [-0.25, -0.2) is 9.07 Å². The Bertz CT molecular complexity index is 860. The number of ether oxygens (including phenoxy) is 1. The molecule has 1 aromatic carbocycles. The van der Waals surface area contributed by atoms with Crippen molar-refractivity contribution in [3.05, 3.63) is 63.8 Å². The topological polar surface area (TPSA) is 73.2 Å². The van der Waals surface area contributed by atoms with Gasteiger partial charge >= 0.3 is 0 Å². The fraction of sp³-hybridized carbons (Fsp3) is 0.450. The first-order valence-corrected chi connectivity index (χ1v) is 9.24. The molecule has 27 heavy (non-hydrogen) atoms. The zero-order valence-corrected chi connectivity index (χ0v) is 15.4. The molecule has 0 bridgehead atoms. The summed E-state index contributed by atoms with van der Waals surface area (Å²) in [6, 6.07) is 9.30. The van der Waals surface area contributed by atoms with Crippen LogP contribution >= 0.6 is 0 Å². The van der Waals surface area contributed by atoms with Gasteiger partial charge in [0.15, 0.2) is 0 Å². The van der Waals surface area contributed by atoms with E-state index in [0.29, 0.717) is 39.1 Å². The summed E-state index contributed by atoms with van der Waals surface area (Å²) in [6.45, 7) is 3.88. The Morgan fingerprint density at radius 1 is 1.30 bits per heavy atom. The van der Waals surface area contributed by atoms with E-state index in [4.69, 9.17) is 4.74 Å². The molecule has 0 saturated carbocycles. The molecule has 1 aromatic heterocycles. The van der Waals surface area contributed by atoms with E-state index in [-0.39, 0.29) is 28.4 Å². The number of nitrogens with one attached hydrogen (secondary N) is 1. The average molecular weight is 373 g/mol. The number of aromatic nitrogens is 2. The fourth-order valence-electron chi connectivity index (χ4n) is 3.43. The number of carbonyl (C=O) groups excluding carboxylic acids is 1. The summed E-state index contributed by atoms with van der Waals surface area (Å²) in [6.07, 6.45) is 2.14. The molecule has 6 nitrogen and oxygen atoms in total. The van der Waals surface area contributed by atoms with Crippen LogP contribution in [0.2, 0.25) is 0 Å². The maximum absolute atomic E-state index is 13.7. The average Bonchev–Trinajstić information content (AvgIpc) is 2.69. The Balaban J connectivity index is 1.79. The summed E-state index contributed by atoms with van der Waals surface area (Å²) in [7, 11) is 0. The molecule has 1 saturated heterocycles. The van der Waals surface area contributed by atoms with Crippen molar-refractivity contribution in [2.45, 2.75) is 38.1 Å². The Kier molecular flexibility index (Phi) is 6.01. The first kappa shape index (κ1) is 19.2. The van der Waals surface area contributed by atoms with Crippen LogP contribution in [0.3, 0.4) is 0 Å². The third kappa shape index (κ3) is 4.42. The predicted molar refractivity (Wildman–Crippen MR) is 99.3 cm³/mol. The lowest BCUT2D eigenvalue weighted by Crippen LogP contribution is -2.45. The SMILES string of the molecule is CCCn1nc(C(=O)NCC2(c3cccc(F)c3)CCOCC2)ccc1=O. The zero-order chi connectivity index (χ0) is 19.3. The van der Waals surface area contributed by atoms with Gasteiger partial charge in [-0.2, -0.15) is 5.10 Å². The smallest absolute Gasteiger partial charge is 0.271 e. The van der Waals surface area contributed by atoms with E-state index in [1.807, 2.05) is 13.0 Å². The summed E-state index contributed by atoms with van der Waals surface area (Å²) in [5.41, 5.74) is 0.446. The molecule has 2 heterocycles. The molecule has 7 heteroatoms. The molecule has 1 fully saturated rings. The highest BCUT2D eigenvalue weighted by molar-refractivity contribution is 5.92. The van der Waals surface area contributed by atoms with E-state index in [9.17, 15) is 14.0 Å². The van der Waals surface area contributed by atoms with Gasteiger partial charge in [0.05, 0.1) is 0 Å². The van der Waals surface area contributed by atoms with Crippen molar-refractivity contribution >= 4 is 5.91 Å². The molecule has 0 atom stereocenters. The van der Waals surface area contributed by atoms with Gasteiger partial charge in [-0.05, 0) is 43.0 Å². The number of rotatable bonds is 6. The van der Waals surface area contributed by atoms with Crippen molar-refractivity contribution in [3.8, 4) is 0 Å². The quantitative estimate of drug-likeness (QED) is 0.843. The van der Waals surface area contributed by atoms with Crippen LogP contribution in [0, 0.1) is 5.82 Å². The first-order valence-electron chi connectivity index (χ1n) is 9.24. The minimum absolute atomic E-state index is 0.199. The Morgan fingerprint density at radius 3 is 2.78 bits per heavy atom. The fourth-order valence-corrected chi connectivity index (χ4v) is 3.43. The second-order valence-corrected chi connectivity index (χ2v) is 6.87. The summed E-state index contributed by atoms with van der Waals surface area (Å²) in [5, 5.41) is 7.06. The molecule has 3 rings (SSSR count). The third-order valence-corrected chi connectivity index (χ3v) is 5.01. The highest BCUT2D eigenvalue weighted by Crippen LogP contribution is 2.34. The number of nitrogens with zero attached hydrogens (tertiary/aromatic N) is 2. The molecule has 0 aliphatic carbocycles. The molecule has 1 amide bonds. The highest BCUT2D eigenvalue weighted by atomic mass is 19.1. The van der Waals surface area contributed by atoms with Gasteiger partial charge in [0.2, 0.25) is 0 Å². The van der Waals surface area contributed by atoms with Crippen LogP contribution in [-0.2, 0) is 16.7 Å². The summed E-state index contributed by atoms with van der Waals surface area (Å²) in [4.78, 5) is 24.4. The number of amides is 1. The van der Waals surface area contributed by atoms with Gasteiger partial charge in [0.1, 0.15) is 11.5 Å². The van der Waals surface area contributed by atoms with Crippen molar-refractivity contribution in [2.75, 3.05) is 19.8 Å².